The predicted molar refractivity (Wildman–Crippen MR) is 77.1 cm³/mol. The van der Waals surface area contributed by atoms with Crippen LogP contribution in [0, 0.1) is 0 Å². The Bertz CT molecular complexity index is 436. The zero-order valence-electron chi connectivity index (χ0n) is 11.8. The Hall–Kier alpha value is -1.60. The molecule has 0 saturated heterocycles. The zero-order chi connectivity index (χ0) is 15.1. The maximum absolute atomic E-state index is 11.9. The Balaban J connectivity index is 2.43. The standard InChI is InChI=1S/C13H20N2O4S/c1-9(7-10-5-4-6-20-10)15(2)13(18)14-8-11(19-3)12(16)17/h4-6,9,11H,7-8H2,1-3H3,(H,14,18)(H,16,17). The summed E-state index contributed by atoms with van der Waals surface area (Å²) in [6, 6.07) is 3.72. The Labute approximate surface area is 122 Å². The van der Waals surface area contributed by atoms with Crippen molar-refractivity contribution < 1.29 is 19.4 Å². The van der Waals surface area contributed by atoms with Gasteiger partial charge in [-0.2, -0.15) is 0 Å². The molecule has 20 heavy (non-hydrogen) atoms. The van der Waals surface area contributed by atoms with Crippen LogP contribution in [0.2, 0.25) is 0 Å². The van der Waals surface area contributed by atoms with Crippen LogP contribution in [0.25, 0.3) is 0 Å². The van der Waals surface area contributed by atoms with Gasteiger partial charge < -0.3 is 20.1 Å². The fraction of sp³-hybridized carbons (Fsp3) is 0.538. The molecule has 7 heteroatoms. The molecule has 112 valence electrons. The highest BCUT2D eigenvalue weighted by Gasteiger charge is 2.20. The van der Waals surface area contributed by atoms with Crippen LogP contribution in [-0.2, 0) is 16.0 Å². The van der Waals surface area contributed by atoms with Gasteiger partial charge in [0.05, 0.1) is 6.54 Å². The minimum absolute atomic E-state index is 0.0273. The van der Waals surface area contributed by atoms with Crippen LogP contribution < -0.4 is 5.32 Å². The van der Waals surface area contributed by atoms with Crippen molar-refractivity contribution in [1.29, 1.82) is 0 Å². The summed E-state index contributed by atoms with van der Waals surface area (Å²) in [7, 11) is 2.99. The summed E-state index contributed by atoms with van der Waals surface area (Å²) < 4.78 is 4.76. The van der Waals surface area contributed by atoms with Crippen molar-refractivity contribution >= 4 is 23.3 Å². The lowest BCUT2D eigenvalue weighted by Crippen LogP contribution is -2.46. The minimum Gasteiger partial charge on any atom is -0.479 e. The monoisotopic (exact) mass is 300 g/mol. The molecule has 0 radical (unpaired) electrons. The van der Waals surface area contributed by atoms with E-state index in [1.54, 1.807) is 23.3 Å². The number of hydrogen-bond acceptors (Lipinski definition) is 4. The first-order valence-corrected chi connectivity index (χ1v) is 7.12. The Morgan fingerprint density at radius 1 is 1.55 bits per heavy atom. The quantitative estimate of drug-likeness (QED) is 0.798. The molecule has 0 aliphatic rings. The van der Waals surface area contributed by atoms with Crippen LogP contribution in [-0.4, -0.2) is 54.9 Å². The number of methoxy groups -OCH3 is 1. The lowest BCUT2D eigenvalue weighted by Gasteiger charge is -2.25. The summed E-state index contributed by atoms with van der Waals surface area (Å²) in [5.74, 6) is -1.10. The van der Waals surface area contributed by atoms with Gasteiger partial charge in [0.2, 0.25) is 0 Å². The number of rotatable bonds is 7. The first-order chi connectivity index (χ1) is 9.45. The van der Waals surface area contributed by atoms with Crippen LogP contribution in [0.1, 0.15) is 11.8 Å². The third-order valence-corrected chi connectivity index (χ3v) is 3.96. The SMILES string of the molecule is COC(CNC(=O)N(C)C(C)Cc1cccs1)C(=O)O. The van der Waals surface area contributed by atoms with E-state index in [1.807, 2.05) is 24.4 Å². The van der Waals surface area contributed by atoms with Gasteiger partial charge in [0.15, 0.2) is 6.10 Å². The highest BCUT2D eigenvalue weighted by atomic mass is 32.1. The van der Waals surface area contributed by atoms with Gasteiger partial charge in [0.1, 0.15) is 0 Å². The van der Waals surface area contributed by atoms with E-state index in [9.17, 15) is 9.59 Å². The number of nitrogens with one attached hydrogen (secondary N) is 1. The molecule has 0 bridgehead atoms. The van der Waals surface area contributed by atoms with E-state index in [-0.39, 0.29) is 18.6 Å². The number of carboxylic acids is 1. The molecule has 0 fully saturated rings. The predicted octanol–water partition coefficient (Wildman–Crippen LogP) is 1.42. The molecule has 1 aromatic heterocycles. The van der Waals surface area contributed by atoms with Crippen molar-refractivity contribution in [3.05, 3.63) is 22.4 Å². The van der Waals surface area contributed by atoms with Crippen LogP contribution in [0.15, 0.2) is 17.5 Å². The second kappa shape index (κ2) is 7.86. The fourth-order valence-corrected chi connectivity index (χ4v) is 2.46. The third-order valence-electron chi connectivity index (χ3n) is 3.06. The van der Waals surface area contributed by atoms with Crippen LogP contribution >= 0.6 is 11.3 Å². The lowest BCUT2D eigenvalue weighted by molar-refractivity contribution is -0.148. The molecular weight excluding hydrogens is 280 g/mol. The average Bonchev–Trinajstić information content (AvgIpc) is 2.90. The third kappa shape index (κ3) is 4.82. The first-order valence-electron chi connectivity index (χ1n) is 6.24. The first kappa shape index (κ1) is 16.5. The van der Waals surface area contributed by atoms with Gasteiger partial charge in [0, 0.05) is 31.5 Å². The van der Waals surface area contributed by atoms with E-state index in [0.29, 0.717) is 0 Å². The summed E-state index contributed by atoms with van der Waals surface area (Å²) in [5.41, 5.74) is 0. The molecule has 2 amide bonds. The number of nitrogens with zero attached hydrogens (tertiary/aromatic N) is 1. The highest BCUT2D eigenvalue weighted by molar-refractivity contribution is 7.09. The maximum atomic E-state index is 11.9. The number of carbonyl (C=O) groups excluding carboxylic acids is 1. The minimum atomic E-state index is -1.10. The van der Waals surface area contributed by atoms with E-state index in [4.69, 9.17) is 9.84 Å². The summed E-state index contributed by atoms with van der Waals surface area (Å²) >= 11 is 1.65. The molecule has 6 nitrogen and oxygen atoms in total. The van der Waals surface area contributed by atoms with E-state index >= 15 is 0 Å². The summed E-state index contributed by atoms with van der Waals surface area (Å²) in [6.45, 7) is 1.89. The summed E-state index contributed by atoms with van der Waals surface area (Å²) in [4.78, 5) is 25.5. The molecule has 0 aromatic carbocycles. The van der Waals surface area contributed by atoms with Gasteiger partial charge in [0.25, 0.3) is 0 Å². The number of carboxylic acid groups (broad SMARTS) is 1. The molecule has 0 aliphatic heterocycles. The van der Waals surface area contributed by atoms with E-state index in [1.165, 1.54) is 12.0 Å². The van der Waals surface area contributed by atoms with Gasteiger partial charge in [-0.15, -0.1) is 11.3 Å². The molecule has 1 heterocycles. The Morgan fingerprint density at radius 3 is 2.75 bits per heavy atom. The Kier molecular flexibility index (Phi) is 6.47. The topological polar surface area (TPSA) is 78.9 Å². The zero-order valence-corrected chi connectivity index (χ0v) is 12.6. The lowest BCUT2D eigenvalue weighted by atomic mass is 10.2. The van der Waals surface area contributed by atoms with Gasteiger partial charge >= 0.3 is 12.0 Å². The van der Waals surface area contributed by atoms with Crippen LogP contribution in [0.4, 0.5) is 4.79 Å². The van der Waals surface area contributed by atoms with Crippen molar-refractivity contribution in [3.8, 4) is 0 Å². The van der Waals surface area contributed by atoms with Gasteiger partial charge in [-0.05, 0) is 18.4 Å². The number of thiophene rings is 1. The smallest absolute Gasteiger partial charge is 0.334 e. The second-order valence-corrected chi connectivity index (χ2v) is 5.52. The fourth-order valence-electron chi connectivity index (χ4n) is 1.63. The molecular formula is C13H20N2O4S. The number of hydrogen-bond donors (Lipinski definition) is 2. The van der Waals surface area contributed by atoms with Gasteiger partial charge in [-0.3, -0.25) is 0 Å². The van der Waals surface area contributed by atoms with Crippen LogP contribution in [0.3, 0.4) is 0 Å². The number of likely N-dealkylation sites (N-methyl/N-ethyl adjacent to an activating group) is 1. The molecule has 2 atom stereocenters. The van der Waals surface area contributed by atoms with Gasteiger partial charge in [-0.1, -0.05) is 6.07 Å². The Morgan fingerprint density at radius 2 is 2.25 bits per heavy atom. The number of aliphatic carboxylic acids is 1. The maximum Gasteiger partial charge on any atom is 0.334 e. The molecule has 1 aromatic rings. The average molecular weight is 300 g/mol. The largest absolute Gasteiger partial charge is 0.479 e. The molecule has 2 N–H and O–H groups in total. The van der Waals surface area contributed by atoms with E-state index in [2.05, 4.69) is 5.32 Å². The molecule has 2 unspecified atom stereocenters. The summed E-state index contributed by atoms with van der Waals surface area (Å²) in [6.07, 6.45) is -0.256. The van der Waals surface area contributed by atoms with Crippen molar-refractivity contribution in [3.63, 3.8) is 0 Å². The van der Waals surface area contributed by atoms with Crippen molar-refractivity contribution in [1.82, 2.24) is 10.2 Å². The van der Waals surface area contributed by atoms with Crippen molar-refractivity contribution in [2.45, 2.75) is 25.5 Å². The summed E-state index contributed by atoms with van der Waals surface area (Å²) in [5, 5.41) is 13.4. The molecule has 1 rings (SSSR count). The van der Waals surface area contributed by atoms with Crippen molar-refractivity contribution in [2.75, 3.05) is 20.7 Å². The normalized spacial score (nSPS) is 13.6. The van der Waals surface area contributed by atoms with Gasteiger partial charge in [-0.25, -0.2) is 9.59 Å². The second-order valence-electron chi connectivity index (χ2n) is 4.49. The number of ether oxygens (including phenoxy) is 1. The van der Waals surface area contributed by atoms with Crippen LogP contribution in [0.5, 0.6) is 0 Å². The number of amides is 2. The highest BCUT2D eigenvalue weighted by Crippen LogP contribution is 2.13. The molecule has 0 saturated carbocycles. The molecule has 0 spiro atoms. The van der Waals surface area contributed by atoms with Crippen molar-refractivity contribution in [2.24, 2.45) is 0 Å². The van der Waals surface area contributed by atoms with E-state index < -0.39 is 12.1 Å². The van der Waals surface area contributed by atoms with E-state index in [0.717, 1.165) is 6.42 Å². The number of urea groups is 1. The molecule has 0 aliphatic carbocycles. The number of carbonyl (C=O) groups is 2.